The van der Waals surface area contributed by atoms with Crippen LogP contribution in [0.15, 0.2) is 42.7 Å². The van der Waals surface area contributed by atoms with Crippen LogP contribution in [-0.2, 0) is 19.4 Å². The Bertz CT molecular complexity index is 809. The van der Waals surface area contributed by atoms with E-state index in [0.717, 1.165) is 24.1 Å². The van der Waals surface area contributed by atoms with Crippen LogP contribution in [0, 0.1) is 5.82 Å². The summed E-state index contributed by atoms with van der Waals surface area (Å²) < 4.78 is 15.1. The summed E-state index contributed by atoms with van der Waals surface area (Å²) in [6, 6.07) is 8.42. The Balaban J connectivity index is 1.75. The lowest BCUT2D eigenvalue weighted by molar-refractivity contribution is 0.593. The summed E-state index contributed by atoms with van der Waals surface area (Å²) in [6.45, 7) is 0.648. The smallest absolute Gasteiger partial charge is 0.180 e. The summed E-state index contributed by atoms with van der Waals surface area (Å²) in [5.41, 5.74) is 4.47. The van der Waals surface area contributed by atoms with E-state index in [9.17, 15) is 4.39 Å². The van der Waals surface area contributed by atoms with Crippen molar-refractivity contribution < 1.29 is 4.39 Å². The fourth-order valence-corrected chi connectivity index (χ4v) is 3.17. The van der Waals surface area contributed by atoms with Gasteiger partial charge < -0.3 is 0 Å². The van der Waals surface area contributed by atoms with Gasteiger partial charge in [0.2, 0.25) is 0 Å². The van der Waals surface area contributed by atoms with Crippen molar-refractivity contribution >= 4 is 0 Å². The van der Waals surface area contributed by atoms with Crippen molar-refractivity contribution in [2.24, 2.45) is 0 Å². The van der Waals surface area contributed by atoms with Crippen molar-refractivity contribution in [3.8, 4) is 11.5 Å². The monoisotopic (exact) mass is 308 g/mol. The molecule has 0 unspecified atom stereocenters. The van der Waals surface area contributed by atoms with Crippen LogP contribution in [-0.4, -0.2) is 19.7 Å². The van der Waals surface area contributed by atoms with Gasteiger partial charge in [0.15, 0.2) is 5.82 Å². The van der Waals surface area contributed by atoms with Crippen LogP contribution >= 0.6 is 0 Å². The van der Waals surface area contributed by atoms with Crippen LogP contribution in [0.25, 0.3) is 11.5 Å². The van der Waals surface area contributed by atoms with Gasteiger partial charge in [-0.1, -0.05) is 12.1 Å². The average Bonchev–Trinajstić information content (AvgIpc) is 2.97. The maximum Gasteiger partial charge on any atom is 0.180 e. The number of hydrogen-bond donors (Lipinski definition) is 0. The van der Waals surface area contributed by atoms with Gasteiger partial charge in [0.25, 0.3) is 0 Å². The quantitative estimate of drug-likeness (QED) is 0.745. The van der Waals surface area contributed by atoms with Crippen molar-refractivity contribution in [3.63, 3.8) is 0 Å². The molecule has 0 fully saturated rings. The Morgan fingerprint density at radius 1 is 1.00 bits per heavy atom. The number of hydrogen-bond acceptors (Lipinski definition) is 3. The SMILES string of the molecule is Fc1ccc(Cn2nc(-c3ncccn3)c3c2CCCC3)cc1. The van der Waals surface area contributed by atoms with Crippen LogP contribution in [0.1, 0.15) is 29.7 Å². The van der Waals surface area contributed by atoms with Gasteiger partial charge in [-0.15, -0.1) is 0 Å². The zero-order chi connectivity index (χ0) is 15.6. The maximum atomic E-state index is 13.1. The predicted octanol–water partition coefficient (Wildman–Crippen LogP) is 3.41. The highest BCUT2D eigenvalue weighted by atomic mass is 19.1. The highest BCUT2D eigenvalue weighted by molar-refractivity contribution is 5.57. The molecule has 0 saturated heterocycles. The lowest BCUT2D eigenvalue weighted by Gasteiger charge is -2.14. The van der Waals surface area contributed by atoms with Crippen molar-refractivity contribution in [1.82, 2.24) is 19.7 Å². The number of nitrogens with zero attached hydrogens (tertiary/aromatic N) is 4. The van der Waals surface area contributed by atoms with Gasteiger partial charge in [-0.3, -0.25) is 4.68 Å². The van der Waals surface area contributed by atoms with Crippen molar-refractivity contribution in [2.75, 3.05) is 0 Å². The van der Waals surface area contributed by atoms with Crippen molar-refractivity contribution in [1.29, 1.82) is 0 Å². The van der Waals surface area contributed by atoms with E-state index in [1.807, 2.05) is 22.9 Å². The van der Waals surface area contributed by atoms with Crippen molar-refractivity contribution in [2.45, 2.75) is 32.2 Å². The average molecular weight is 308 g/mol. The van der Waals surface area contributed by atoms with E-state index in [2.05, 4.69) is 9.97 Å². The molecule has 3 aromatic rings. The molecule has 23 heavy (non-hydrogen) atoms. The van der Waals surface area contributed by atoms with Gasteiger partial charge in [-0.25, -0.2) is 14.4 Å². The van der Waals surface area contributed by atoms with Gasteiger partial charge in [-0.05, 0) is 49.4 Å². The second kappa shape index (κ2) is 5.91. The Morgan fingerprint density at radius 3 is 2.52 bits per heavy atom. The van der Waals surface area contributed by atoms with E-state index in [1.165, 1.54) is 36.2 Å². The van der Waals surface area contributed by atoms with E-state index in [0.29, 0.717) is 12.4 Å². The Kier molecular flexibility index (Phi) is 3.61. The van der Waals surface area contributed by atoms with Crippen LogP contribution in [0.4, 0.5) is 4.39 Å². The molecule has 1 aromatic carbocycles. The first-order valence-corrected chi connectivity index (χ1v) is 7.91. The molecular weight excluding hydrogens is 291 g/mol. The van der Waals surface area contributed by atoms with Crippen LogP contribution in [0.3, 0.4) is 0 Å². The molecule has 116 valence electrons. The number of benzene rings is 1. The molecule has 0 radical (unpaired) electrons. The summed E-state index contributed by atoms with van der Waals surface area (Å²) in [7, 11) is 0. The topological polar surface area (TPSA) is 43.6 Å². The van der Waals surface area contributed by atoms with Crippen LogP contribution in [0.5, 0.6) is 0 Å². The number of rotatable bonds is 3. The van der Waals surface area contributed by atoms with E-state index < -0.39 is 0 Å². The fourth-order valence-electron chi connectivity index (χ4n) is 3.17. The molecule has 1 aliphatic rings. The molecule has 0 spiro atoms. The standard InChI is InChI=1S/C18H17FN4/c19-14-8-6-13(7-9-14)12-23-16-5-2-1-4-15(16)17(22-23)18-20-10-3-11-21-18/h3,6-11H,1-2,4-5,12H2. The minimum absolute atomic E-state index is 0.213. The Hall–Kier alpha value is -2.56. The maximum absolute atomic E-state index is 13.1. The Labute approximate surface area is 134 Å². The first-order valence-electron chi connectivity index (χ1n) is 7.91. The molecule has 1 aliphatic carbocycles. The lowest BCUT2D eigenvalue weighted by Crippen LogP contribution is -2.10. The van der Waals surface area contributed by atoms with E-state index >= 15 is 0 Å². The van der Waals surface area contributed by atoms with Crippen LogP contribution < -0.4 is 0 Å². The first-order chi connectivity index (χ1) is 11.3. The lowest BCUT2D eigenvalue weighted by atomic mass is 9.95. The van der Waals surface area contributed by atoms with Crippen LogP contribution in [0.2, 0.25) is 0 Å². The third kappa shape index (κ3) is 2.74. The second-order valence-electron chi connectivity index (χ2n) is 5.84. The molecule has 0 aliphatic heterocycles. The molecule has 4 nitrogen and oxygen atoms in total. The predicted molar refractivity (Wildman–Crippen MR) is 85.4 cm³/mol. The molecule has 0 amide bonds. The van der Waals surface area contributed by atoms with Crippen molar-refractivity contribution in [3.05, 3.63) is 65.4 Å². The molecule has 2 aromatic heterocycles. The largest absolute Gasteiger partial charge is 0.264 e. The van der Waals surface area contributed by atoms with Gasteiger partial charge in [0.1, 0.15) is 11.5 Å². The zero-order valence-corrected chi connectivity index (χ0v) is 12.7. The number of aromatic nitrogens is 4. The minimum atomic E-state index is -0.213. The molecule has 0 N–H and O–H groups in total. The Morgan fingerprint density at radius 2 is 1.74 bits per heavy atom. The third-order valence-electron chi connectivity index (χ3n) is 4.28. The number of halogens is 1. The van der Waals surface area contributed by atoms with Gasteiger partial charge in [-0.2, -0.15) is 5.10 Å². The summed E-state index contributed by atoms with van der Waals surface area (Å²) in [4.78, 5) is 8.71. The van der Waals surface area contributed by atoms with Gasteiger partial charge in [0, 0.05) is 23.7 Å². The molecule has 2 heterocycles. The highest BCUT2D eigenvalue weighted by Crippen LogP contribution is 2.29. The summed E-state index contributed by atoms with van der Waals surface area (Å²) >= 11 is 0. The molecule has 0 saturated carbocycles. The second-order valence-corrected chi connectivity index (χ2v) is 5.84. The molecule has 0 bridgehead atoms. The van der Waals surface area contributed by atoms with Gasteiger partial charge in [0.05, 0.1) is 6.54 Å². The minimum Gasteiger partial charge on any atom is -0.264 e. The normalized spacial score (nSPS) is 13.8. The molecule has 4 rings (SSSR count). The first kappa shape index (κ1) is 14.1. The molecule has 5 heteroatoms. The van der Waals surface area contributed by atoms with E-state index in [-0.39, 0.29) is 5.82 Å². The van der Waals surface area contributed by atoms with E-state index in [4.69, 9.17) is 5.10 Å². The molecule has 0 atom stereocenters. The van der Waals surface area contributed by atoms with E-state index in [1.54, 1.807) is 12.4 Å². The zero-order valence-electron chi connectivity index (χ0n) is 12.7. The number of fused-ring (bicyclic) bond motifs is 1. The third-order valence-corrected chi connectivity index (χ3v) is 4.28. The fraction of sp³-hybridized carbons (Fsp3) is 0.278. The van der Waals surface area contributed by atoms with Gasteiger partial charge >= 0.3 is 0 Å². The summed E-state index contributed by atoms with van der Waals surface area (Å²) in [5.74, 6) is 0.470. The summed E-state index contributed by atoms with van der Waals surface area (Å²) in [5, 5.41) is 4.78. The highest BCUT2D eigenvalue weighted by Gasteiger charge is 2.23. The summed E-state index contributed by atoms with van der Waals surface area (Å²) in [6.07, 6.45) is 7.89. The molecular formula is C18H17FN4.